The molecule has 0 unspecified atom stereocenters. The van der Waals surface area contributed by atoms with Crippen molar-refractivity contribution in [3.05, 3.63) is 60.4 Å². The second-order valence-corrected chi connectivity index (χ2v) is 9.38. The third-order valence-electron chi connectivity index (χ3n) is 4.30. The smallest absolute Gasteiger partial charge is 0.297 e. The maximum Gasteiger partial charge on any atom is 0.297 e. The highest BCUT2D eigenvalue weighted by molar-refractivity contribution is 7.86. The van der Waals surface area contributed by atoms with Gasteiger partial charge in [0, 0.05) is 17.8 Å². The number of hydrogen-bond donors (Lipinski definition) is 0. The normalized spacial score (nSPS) is 13.7. The quantitative estimate of drug-likeness (QED) is 0.556. The summed E-state index contributed by atoms with van der Waals surface area (Å²) in [6, 6.07) is 12.0. The summed E-state index contributed by atoms with van der Waals surface area (Å²) in [5.74, 6) is 0. The Hall–Kier alpha value is -2.22. The first-order valence-electron chi connectivity index (χ1n) is 9.17. The Morgan fingerprint density at radius 3 is 2.46 bits per heavy atom. The molecule has 28 heavy (non-hydrogen) atoms. The van der Waals surface area contributed by atoms with Gasteiger partial charge in [0.25, 0.3) is 10.1 Å². The molecule has 3 rings (SSSR count). The van der Waals surface area contributed by atoms with E-state index >= 15 is 0 Å². The summed E-state index contributed by atoms with van der Waals surface area (Å²) in [5.41, 5.74) is 1.39. The standard InChI is InChI=1S/C21H26N2O4S/c1-16-7-9-19(10-8-16)28(24,25)27-15-18(14-26-21(2,3)4)23-13-11-17-6-5-12-22-20(17)23/h5-13,18H,14-15H2,1-4H3/t18-/m0/s1. The van der Waals surface area contributed by atoms with Gasteiger partial charge in [-0.1, -0.05) is 17.7 Å². The third-order valence-corrected chi connectivity index (χ3v) is 5.60. The van der Waals surface area contributed by atoms with Crippen molar-refractivity contribution in [1.82, 2.24) is 9.55 Å². The maximum atomic E-state index is 12.6. The summed E-state index contributed by atoms with van der Waals surface area (Å²) >= 11 is 0. The summed E-state index contributed by atoms with van der Waals surface area (Å²) in [7, 11) is -3.86. The van der Waals surface area contributed by atoms with Crippen molar-refractivity contribution in [1.29, 1.82) is 0 Å². The van der Waals surface area contributed by atoms with Gasteiger partial charge in [0.1, 0.15) is 5.65 Å². The number of aryl methyl sites for hydroxylation is 1. The Kier molecular flexibility index (Phi) is 5.88. The van der Waals surface area contributed by atoms with Crippen LogP contribution in [-0.2, 0) is 19.0 Å². The van der Waals surface area contributed by atoms with Gasteiger partial charge in [-0.2, -0.15) is 8.42 Å². The lowest BCUT2D eigenvalue weighted by Crippen LogP contribution is -2.28. The van der Waals surface area contributed by atoms with Crippen LogP contribution >= 0.6 is 0 Å². The van der Waals surface area contributed by atoms with Gasteiger partial charge in [0.15, 0.2) is 0 Å². The first-order chi connectivity index (χ1) is 13.2. The number of ether oxygens (including phenoxy) is 1. The van der Waals surface area contributed by atoms with E-state index < -0.39 is 10.1 Å². The average molecular weight is 403 g/mol. The fourth-order valence-electron chi connectivity index (χ4n) is 2.78. The van der Waals surface area contributed by atoms with Gasteiger partial charge in [-0.15, -0.1) is 0 Å². The molecule has 0 bridgehead atoms. The van der Waals surface area contributed by atoms with Gasteiger partial charge in [-0.25, -0.2) is 4.98 Å². The van der Waals surface area contributed by atoms with Crippen molar-refractivity contribution < 1.29 is 17.3 Å². The number of nitrogens with zero attached hydrogens (tertiary/aromatic N) is 2. The predicted molar refractivity (Wildman–Crippen MR) is 109 cm³/mol. The lowest BCUT2D eigenvalue weighted by atomic mass is 10.2. The number of aromatic nitrogens is 2. The molecule has 0 aliphatic carbocycles. The van der Waals surface area contributed by atoms with E-state index in [0.29, 0.717) is 6.61 Å². The molecule has 0 aliphatic rings. The molecule has 0 radical (unpaired) electrons. The highest BCUT2D eigenvalue weighted by Crippen LogP contribution is 2.22. The molecule has 0 fully saturated rings. The minimum atomic E-state index is -3.86. The molecule has 0 saturated heterocycles. The molecule has 2 heterocycles. The fourth-order valence-corrected chi connectivity index (χ4v) is 3.72. The van der Waals surface area contributed by atoms with Crippen molar-refractivity contribution >= 4 is 21.2 Å². The van der Waals surface area contributed by atoms with E-state index in [2.05, 4.69) is 4.98 Å². The molecule has 0 N–H and O–H groups in total. The van der Waals surface area contributed by atoms with E-state index in [1.165, 1.54) is 0 Å². The first kappa shape index (κ1) is 20.5. The van der Waals surface area contributed by atoms with Crippen molar-refractivity contribution in [3.8, 4) is 0 Å². The van der Waals surface area contributed by atoms with E-state index in [-0.39, 0.29) is 23.1 Å². The second-order valence-electron chi connectivity index (χ2n) is 7.77. The van der Waals surface area contributed by atoms with Crippen molar-refractivity contribution in [3.63, 3.8) is 0 Å². The molecular weight excluding hydrogens is 376 g/mol. The van der Waals surface area contributed by atoms with E-state index in [1.807, 2.05) is 56.7 Å². The van der Waals surface area contributed by atoms with Crippen LogP contribution in [0.15, 0.2) is 59.8 Å². The molecule has 0 saturated carbocycles. The molecule has 6 nitrogen and oxygen atoms in total. The number of benzene rings is 1. The summed E-state index contributed by atoms with van der Waals surface area (Å²) in [6.07, 6.45) is 3.60. The zero-order valence-corrected chi connectivity index (χ0v) is 17.4. The van der Waals surface area contributed by atoms with Crippen LogP contribution in [0.4, 0.5) is 0 Å². The first-order valence-corrected chi connectivity index (χ1v) is 10.6. The molecule has 0 amide bonds. The van der Waals surface area contributed by atoms with Gasteiger partial charge in [0.05, 0.1) is 29.8 Å². The lowest BCUT2D eigenvalue weighted by molar-refractivity contribution is -0.0251. The number of pyridine rings is 1. The van der Waals surface area contributed by atoms with E-state index in [1.54, 1.807) is 30.5 Å². The van der Waals surface area contributed by atoms with Crippen LogP contribution in [0.1, 0.15) is 32.4 Å². The van der Waals surface area contributed by atoms with E-state index in [9.17, 15) is 8.42 Å². The van der Waals surface area contributed by atoms with Gasteiger partial charge in [-0.05, 0) is 58.0 Å². The van der Waals surface area contributed by atoms with Crippen LogP contribution in [0.25, 0.3) is 11.0 Å². The van der Waals surface area contributed by atoms with Crippen LogP contribution < -0.4 is 0 Å². The zero-order chi connectivity index (χ0) is 20.4. The minimum Gasteiger partial charge on any atom is -0.374 e. The largest absolute Gasteiger partial charge is 0.374 e. The maximum absolute atomic E-state index is 12.6. The van der Waals surface area contributed by atoms with Crippen LogP contribution in [-0.4, -0.2) is 36.8 Å². The van der Waals surface area contributed by atoms with Crippen LogP contribution in [0.2, 0.25) is 0 Å². The Morgan fingerprint density at radius 2 is 1.79 bits per heavy atom. The molecule has 0 aliphatic heterocycles. The molecule has 7 heteroatoms. The van der Waals surface area contributed by atoms with Crippen molar-refractivity contribution in [2.75, 3.05) is 13.2 Å². The molecule has 150 valence electrons. The minimum absolute atomic E-state index is 0.0490. The summed E-state index contributed by atoms with van der Waals surface area (Å²) in [4.78, 5) is 4.56. The van der Waals surface area contributed by atoms with Gasteiger partial charge in [0.2, 0.25) is 0 Å². The lowest BCUT2D eigenvalue weighted by Gasteiger charge is -2.25. The Morgan fingerprint density at radius 1 is 1.07 bits per heavy atom. The number of hydrogen-bond acceptors (Lipinski definition) is 5. The highest BCUT2D eigenvalue weighted by atomic mass is 32.2. The van der Waals surface area contributed by atoms with Gasteiger partial charge < -0.3 is 9.30 Å². The average Bonchev–Trinajstić information content (AvgIpc) is 3.05. The van der Waals surface area contributed by atoms with Gasteiger partial charge >= 0.3 is 0 Å². The highest BCUT2D eigenvalue weighted by Gasteiger charge is 2.23. The molecule has 1 atom stereocenters. The van der Waals surface area contributed by atoms with Crippen molar-refractivity contribution in [2.24, 2.45) is 0 Å². The molecular formula is C21H26N2O4S. The zero-order valence-electron chi connectivity index (χ0n) is 16.6. The van der Waals surface area contributed by atoms with Crippen molar-refractivity contribution in [2.45, 2.75) is 44.2 Å². The topological polar surface area (TPSA) is 70.4 Å². The second kappa shape index (κ2) is 8.03. The predicted octanol–water partition coefficient (Wildman–Crippen LogP) is 4.11. The number of rotatable bonds is 7. The molecule has 0 spiro atoms. The number of fused-ring (bicyclic) bond motifs is 1. The molecule has 1 aromatic carbocycles. The summed E-state index contributed by atoms with van der Waals surface area (Å²) < 4.78 is 38.4. The van der Waals surface area contributed by atoms with E-state index in [0.717, 1.165) is 16.6 Å². The fraction of sp³-hybridized carbons (Fsp3) is 0.381. The SMILES string of the molecule is Cc1ccc(S(=O)(=O)OC[C@H](COC(C)(C)C)n2ccc3cccnc32)cc1. The van der Waals surface area contributed by atoms with Crippen LogP contribution in [0.5, 0.6) is 0 Å². The Balaban J connectivity index is 1.84. The molecule has 2 aromatic heterocycles. The Labute approximate surface area is 166 Å². The monoisotopic (exact) mass is 402 g/mol. The van der Waals surface area contributed by atoms with Crippen LogP contribution in [0, 0.1) is 6.92 Å². The molecule has 3 aromatic rings. The van der Waals surface area contributed by atoms with E-state index in [4.69, 9.17) is 8.92 Å². The Bertz CT molecular complexity index is 1030. The van der Waals surface area contributed by atoms with Gasteiger partial charge in [-0.3, -0.25) is 4.18 Å². The summed E-state index contributed by atoms with van der Waals surface area (Å²) in [6.45, 7) is 8.03. The third kappa shape index (κ3) is 4.98. The van der Waals surface area contributed by atoms with Crippen LogP contribution in [0.3, 0.4) is 0 Å². The summed E-state index contributed by atoms with van der Waals surface area (Å²) in [5, 5.41) is 0.977.